The van der Waals surface area contributed by atoms with Gasteiger partial charge >= 0.3 is 0 Å². The lowest BCUT2D eigenvalue weighted by Gasteiger charge is -2.18. The molecule has 18 heavy (non-hydrogen) atoms. The molecule has 0 aromatic carbocycles. The molecule has 0 saturated heterocycles. The van der Waals surface area contributed by atoms with Gasteiger partial charge in [0.05, 0.1) is 12.2 Å². The van der Waals surface area contributed by atoms with Gasteiger partial charge in [-0.3, -0.25) is 4.79 Å². The Morgan fingerprint density at radius 1 is 1.56 bits per heavy atom. The zero-order valence-electron chi connectivity index (χ0n) is 11.3. The minimum absolute atomic E-state index is 0.0428. The highest BCUT2D eigenvalue weighted by atomic mass is 16.5. The number of amides is 1. The number of carbonyl (C=O) groups is 1. The highest BCUT2D eigenvalue weighted by Gasteiger charge is 2.15. The molecule has 0 aliphatic rings. The van der Waals surface area contributed by atoms with Gasteiger partial charge < -0.3 is 15.0 Å². The maximum Gasteiger partial charge on any atom is 0.257 e. The Morgan fingerprint density at radius 2 is 2.33 bits per heavy atom. The van der Waals surface area contributed by atoms with E-state index in [1.54, 1.807) is 37.4 Å². The van der Waals surface area contributed by atoms with Gasteiger partial charge in [-0.15, -0.1) is 0 Å². The maximum absolute atomic E-state index is 12.2. The Bertz CT molecular complexity index is 382. The van der Waals surface area contributed by atoms with Gasteiger partial charge in [0.15, 0.2) is 0 Å². The van der Waals surface area contributed by atoms with Crippen LogP contribution in [0.5, 0.6) is 0 Å². The van der Waals surface area contributed by atoms with Crippen LogP contribution in [0.25, 0.3) is 0 Å². The van der Waals surface area contributed by atoms with Gasteiger partial charge in [0.2, 0.25) is 0 Å². The van der Waals surface area contributed by atoms with Crippen LogP contribution >= 0.6 is 0 Å². The summed E-state index contributed by atoms with van der Waals surface area (Å²) in [4.78, 5) is 18.1. The first-order chi connectivity index (χ1) is 8.70. The predicted molar refractivity (Wildman–Crippen MR) is 71.9 cm³/mol. The third-order valence-electron chi connectivity index (χ3n) is 2.56. The Kier molecular flexibility index (Phi) is 6.14. The Labute approximate surface area is 108 Å². The molecule has 0 bridgehead atoms. The molecule has 0 saturated carbocycles. The van der Waals surface area contributed by atoms with E-state index in [0.29, 0.717) is 24.5 Å². The van der Waals surface area contributed by atoms with Gasteiger partial charge in [-0.25, -0.2) is 4.98 Å². The monoisotopic (exact) mass is 251 g/mol. The van der Waals surface area contributed by atoms with Gasteiger partial charge in [-0.2, -0.15) is 0 Å². The summed E-state index contributed by atoms with van der Waals surface area (Å²) >= 11 is 0. The van der Waals surface area contributed by atoms with Crippen molar-refractivity contribution in [1.82, 2.24) is 9.88 Å². The van der Waals surface area contributed by atoms with Gasteiger partial charge in [0.25, 0.3) is 5.91 Å². The second-order valence-electron chi connectivity index (χ2n) is 4.05. The third-order valence-corrected chi connectivity index (χ3v) is 2.56. The average Bonchev–Trinajstić information content (AvgIpc) is 2.42. The number of carbonyl (C=O) groups excluding carboxylic acids is 1. The molecule has 0 atom stereocenters. The summed E-state index contributed by atoms with van der Waals surface area (Å²) in [6.45, 7) is 3.97. The van der Waals surface area contributed by atoms with Crippen LogP contribution in [0.15, 0.2) is 18.3 Å². The SMILES string of the molecule is CCCNc1ncccc1C(=O)N(C)CCOC. The average molecular weight is 251 g/mol. The minimum Gasteiger partial charge on any atom is -0.383 e. The summed E-state index contributed by atoms with van der Waals surface area (Å²) in [6, 6.07) is 3.56. The zero-order chi connectivity index (χ0) is 13.4. The molecule has 100 valence electrons. The van der Waals surface area contributed by atoms with Crippen molar-refractivity contribution in [3.05, 3.63) is 23.9 Å². The summed E-state index contributed by atoms with van der Waals surface area (Å²) in [5.74, 6) is 0.604. The molecule has 0 radical (unpaired) electrons. The molecule has 0 unspecified atom stereocenters. The molecular formula is C13H21N3O2. The summed E-state index contributed by atoms with van der Waals surface area (Å²) in [5, 5.41) is 3.16. The highest BCUT2D eigenvalue weighted by Crippen LogP contribution is 2.13. The fraction of sp³-hybridized carbons (Fsp3) is 0.538. The smallest absolute Gasteiger partial charge is 0.257 e. The number of pyridine rings is 1. The van der Waals surface area contributed by atoms with E-state index in [2.05, 4.69) is 17.2 Å². The molecule has 5 heteroatoms. The van der Waals surface area contributed by atoms with Crippen LogP contribution in [0.3, 0.4) is 0 Å². The van der Waals surface area contributed by atoms with Gasteiger partial charge in [-0.1, -0.05) is 6.92 Å². The molecule has 0 fully saturated rings. The van der Waals surface area contributed by atoms with Crippen LogP contribution in [-0.2, 0) is 4.74 Å². The van der Waals surface area contributed by atoms with Crippen molar-refractivity contribution >= 4 is 11.7 Å². The topological polar surface area (TPSA) is 54.5 Å². The Morgan fingerprint density at radius 3 is 3.00 bits per heavy atom. The lowest BCUT2D eigenvalue weighted by molar-refractivity contribution is 0.0745. The van der Waals surface area contributed by atoms with Gasteiger partial charge in [0.1, 0.15) is 5.82 Å². The molecule has 1 aromatic rings. The van der Waals surface area contributed by atoms with Gasteiger partial charge in [-0.05, 0) is 18.6 Å². The summed E-state index contributed by atoms with van der Waals surface area (Å²) in [5.41, 5.74) is 0.601. The quantitative estimate of drug-likeness (QED) is 0.800. The third kappa shape index (κ3) is 4.00. The lowest BCUT2D eigenvalue weighted by Crippen LogP contribution is -2.30. The van der Waals surface area contributed by atoms with E-state index in [1.165, 1.54) is 0 Å². The van der Waals surface area contributed by atoms with E-state index in [4.69, 9.17) is 4.74 Å². The van der Waals surface area contributed by atoms with Crippen molar-refractivity contribution in [2.75, 3.05) is 39.2 Å². The molecule has 0 spiro atoms. The van der Waals surface area contributed by atoms with E-state index in [-0.39, 0.29) is 5.91 Å². The molecule has 1 rings (SSSR count). The van der Waals surface area contributed by atoms with E-state index in [0.717, 1.165) is 13.0 Å². The van der Waals surface area contributed by atoms with E-state index in [9.17, 15) is 4.79 Å². The van der Waals surface area contributed by atoms with E-state index >= 15 is 0 Å². The number of likely N-dealkylation sites (N-methyl/N-ethyl adjacent to an activating group) is 1. The van der Waals surface area contributed by atoms with Crippen LogP contribution in [0.1, 0.15) is 23.7 Å². The van der Waals surface area contributed by atoms with Crippen LogP contribution in [0.2, 0.25) is 0 Å². The standard InChI is InChI=1S/C13H21N3O2/c1-4-7-14-12-11(6-5-8-15-12)13(17)16(2)9-10-18-3/h5-6,8H,4,7,9-10H2,1-3H3,(H,14,15). The fourth-order valence-corrected chi connectivity index (χ4v) is 1.50. The first kappa shape index (κ1) is 14.4. The number of ether oxygens (including phenoxy) is 1. The molecule has 5 nitrogen and oxygen atoms in total. The minimum atomic E-state index is -0.0428. The lowest BCUT2D eigenvalue weighted by atomic mass is 10.2. The van der Waals surface area contributed by atoms with E-state index < -0.39 is 0 Å². The number of hydrogen-bond acceptors (Lipinski definition) is 4. The second-order valence-corrected chi connectivity index (χ2v) is 4.05. The largest absolute Gasteiger partial charge is 0.383 e. The number of hydrogen-bond donors (Lipinski definition) is 1. The number of rotatable bonds is 7. The summed E-state index contributed by atoms with van der Waals surface area (Å²) in [7, 11) is 3.38. The Balaban J connectivity index is 2.77. The van der Waals surface area contributed by atoms with Crippen molar-refractivity contribution < 1.29 is 9.53 Å². The summed E-state index contributed by atoms with van der Waals surface area (Å²) in [6.07, 6.45) is 2.67. The van der Waals surface area contributed by atoms with Crippen molar-refractivity contribution in [2.24, 2.45) is 0 Å². The molecule has 1 amide bonds. The van der Waals surface area contributed by atoms with E-state index in [1.807, 2.05) is 0 Å². The van der Waals surface area contributed by atoms with Crippen LogP contribution in [0.4, 0.5) is 5.82 Å². The summed E-state index contributed by atoms with van der Waals surface area (Å²) < 4.78 is 4.97. The van der Waals surface area contributed by atoms with Crippen LogP contribution < -0.4 is 5.32 Å². The molecule has 0 aliphatic heterocycles. The van der Waals surface area contributed by atoms with Crippen molar-refractivity contribution in [2.45, 2.75) is 13.3 Å². The Hall–Kier alpha value is -1.62. The molecular weight excluding hydrogens is 230 g/mol. The van der Waals surface area contributed by atoms with Crippen LogP contribution in [0, 0.1) is 0 Å². The zero-order valence-corrected chi connectivity index (χ0v) is 11.3. The number of methoxy groups -OCH3 is 1. The number of aromatic nitrogens is 1. The highest BCUT2D eigenvalue weighted by molar-refractivity contribution is 5.98. The fourth-order valence-electron chi connectivity index (χ4n) is 1.50. The van der Waals surface area contributed by atoms with Crippen LogP contribution in [-0.4, -0.2) is 49.6 Å². The molecule has 0 aliphatic carbocycles. The molecule has 1 heterocycles. The number of anilines is 1. The second kappa shape index (κ2) is 7.66. The predicted octanol–water partition coefficient (Wildman–Crippen LogP) is 1.62. The first-order valence-corrected chi connectivity index (χ1v) is 6.14. The van der Waals surface area contributed by atoms with Crippen molar-refractivity contribution in [1.29, 1.82) is 0 Å². The maximum atomic E-state index is 12.2. The van der Waals surface area contributed by atoms with Gasteiger partial charge in [0, 0.05) is 33.4 Å². The van der Waals surface area contributed by atoms with Crippen molar-refractivity contribution in [3.8, 4) is 0 Å². The van der Waals surface area contributed by atoms with Crippen molar-refractivity contribution in [3.63, 3.8) is 0 Å². The normalized spacial score (nSPS) is 10.2. The number of nitrogens with zero attached hydrogens (tertiary/aromatic N) is 2. The number of nitrogens with one attached hydrogen (secondary N) is 1. The molecule has 1 aromatic heterocycles. The molecule has 1 N–H and O–H groups in total. The first-order valence-electron chi connectivity index (χ1n) is 6.14.